The fourth-order valence-corrected chi connectivity index (χ4v) is 3.47. The molecule has 0 aliphatic rings. The molecule has 0 spiro atoms. The van der Waals surface area contributed by atoms with Gasteiger partial charge < -0.3 is 24.8 Å². The number of aryl methyl sites for hydroxylation is 6. The Morgan fingerprint density at radius 3 is 1.10 bits per heavy atom. The topological polar surface area (TPSA) is 0 Å². The molecule has 2 radical (unpaired) electrons. The molecule has 0 unspecified atom stereocenters. The average molecular weight is 622 g/mol. The Kier molecular flexibility index (Phi) is 15.1. The Labute approximate surface area is 217 Å². The van der Waals surface area contributed by atoms with E-state index in [-0.39, 0.29) is 50.7 Å². The van der Waals surface area contributed by atoms with Crippen LogP contribution in [-0.4, -0.2) is 9.52 Å². The van der Waals surface area contributed by atoms with E-state index in [0.717, 1.165) is 9.52 Å². The van der Waals surface area contributed by atoms with Crippen LogP contribution in [0.15, 0.2) is 48.5 Å². The Balaban J connectivity index is 0. The number of halogens is 2. The monoisotopic (exact) mass is 622 g/mol. The molecule has 0 nitrogen and oxygen atoms in total. The maximum Gasteiger partial charge on any atom is 4.00 e. The standard InChI is InChI=1S/2C12H13.C2H6Si.2ClH.Hf/c2*1-8-6-11-9(2)4-5-10(3)12(11)7-8;1-3-2;;;/h2*4-7H,1-3H3;1-2H3;2*1H;/q2*-1;;;;+4/p-2. The van der Waals surface area contributed by atoms with E-state index in [1.807, 2.05) is 0 Å². The molecule has 30 heavy (non-hydrogen) atoms. The second-order valence-electron chi connectivity index (χ2n) is 7.62. The van der Waals surface area contributed by atoms with Gasteiger partial charge in [0.25, 0.3) is 0 Å². The molecule has 158 valence electrons. The molecule has 0 amide bonds. The first-order chi connectivity index (χ1) is 12.8. The largest absolute Gasteiger partial charge is 4.00 e. The zero-order chi connectivity index (χ0) is 20.1. The second kappa shape index (κ2) is 14.4. The van der Waals surface area contributed by atoms with Crippen LogP contribution in [0, 0.1) is 41.5 Å². The van der Waals surface area contributed by atoms with Gasteiger partial charge in [-0.1, -0.05) is 64.0 Å². The van der Waals surface area contributed by atoms with E-state index in [1.165, 1.54) is 54.9 Å². The third kappa shape index (κ3) is 7.78. The minimum Gasteiger partial charge on any atom is -1.00 e. The zero-order valence-corrected chi connectivity index (χ0v) is 25.5. The molecular weight excluding hydrogens is 590 g/mol. The maximum absolute atomic E-state index is 2.26. The van der Waals surface area contributed by atoms with E-state index in [9.17, 15) is 0 Å². The van der Waals surface area contributed by atoms with Crippen molar-refractivity contribution in [3.63, 3.8) is 0 Å². The Morgan fingerprint density at radius 2 is 0.833 bits per heavy atom. The number of benzene rings is 2. The summed E-state index contributed by atoms with van der Waals surface area (Å²) in [6.07, 6.45) is 0. The maximum atomic E-state index is 2.26. The van der Waals surface area contributed by atoms with Crippen LogP contribution < -0.4 is 24.8 Å². The van der Waals surface area contributed by atoms with Gasteiger partial charge in [0.1, 0.15) is 0 Å². The summed E-state index contributed by atoms with van der Waals surface area (Å²) in [6, 6.07) is 17.8. The van der Waals surface area contributed by atoms with Crippen LogP contribution in [0.2, 0.25) is 13.1 Å². The number of hydrogen-bond donors (Lipinski definition) is 0. The zero-order valence-electron chi connectivity index (χ0n) is 19.4. The van der Waals surface area contributed by atoms with Gasteiger partial charge in [-0.3, -0.25) is 0 Å². The summed E-state index contributed by atoms with van der Waals surface area (Å²) < 4.78 is 0. The van der Waals surface area contributed by atoms with Crippen molar-refractivity contribution < 1.29 is 50.7 Å². The number of hydrogen-bond acceptors (Lipinski definition) is 0. The predicted octanol–water partition coefficient (Wildman–Crippen LogP) is 1.76. The Bertz CT molecular complexity index is 882. The van der Waals surface area contributed by atoms with Crippen molar-refractivity contribution in [1.82, 2.24) is 0 Å². The molecule has 0 aromatic heterocycles. The summed E-state index contributed by atoms with van der Waals surface area (Å²) in [7, 11) is 1.08. The summed E-state index contributed by atoms with van der Waals surface area (Å²) >= 11 is 0. The minimum atomic E-state index is 0. The predicted molar refractivity (Wildman–Crippen MR) is 125 cm³/mol. The molecule has 0 heterocycles. The molecule has 0 aliphatic heterocycles. The van der Waals surface area contributed by atoms with E-state index in [1.54, 1.807) is 0 Å². The number of fused-ring (bicyclic) bond motifs is 2. The third-order valence-corrected chi connectivity index (χ3v) is 4.93. The van der Waals surface area contributed by atoms with Gasteiger partial charge in [0.2, 0.25) is 0 Å². The van der Waals surface area contributed by atoms with Gasteiger partial charge in [0.05, 0.1) is 0 Å². The Morgan fingerprint density at radius 1 is 0.567 bits per heavy atom. The molecule has 4 rings (SSSR count). The molecule has 0 saturated heterocycles. The van der Waals surface area contributed by atoms with E-state index in [4.69, 9.17) is 0 Å². The van der Waals surface area contributed by atoms with Gasteiger partial charge in [0, 0.05) is 9.52 Å². The van der Waals surface area contributed by atoms with Crippen molar-refractivity contribution in [2.75, 3.05) is 0 Å². The van der Waals surface area contributed by atoms with Crippen molar-refractivity contribution >= 4 is 31.1 Å². The second-order valence-corrected chi connectivity index (χ2v) is 8.62. The van der Waals surface area contributed by atoms with E-state index < -0.39 is 0 Å². The van der Waals surface area contributed by atoms with Crippen LogP contribution >= 0.6 is 0 Å². The SMILES string of the molecule is C[Si]C.Cc1cc2c(C)ccc(C)c2[cH-]1.Cc1cc2c(C)ccc(C)c2[cH-]1.[Cl-].[Cl-].[Hf+4]. The summed E-state index contributed by atoms with van der Waals surface area (Å²) in [5.41, 5.74) is 8.24. The molecule has 4 aromatic carbocycles. The van der Waals surface area contributed by atoms with Crippen molar-refractivity contribution in [2.24, 2.45) is 0 Å². The molecule has 4 aromatic rings. The van der Waals surface area contributed by atoms with Gasteiger partial charge in [-0.15, -0.1) is 68.1 Å². The van der Waals surface area contributed by atoms with Crippen LogP contribution in [0.25, 0.3) is 21.5 Å². The van der Waals surface area contributed by atoms with Crippen LogP contribution in [0.4, 0.5) is 0 Å². The number of rotatable bonds is 0. The van der Waals surface area contributed by atoms with Gasteiger partial charge in [-0.2, -0.15) is 12.1 Å². The smallest absolute Gasteiger partial charge is 1.00 e. The van der Waals surface area contributed by atoms with Crippen LogP contribution in [0.5, 0.6) is 0 Å². The first-order valence-electron chi connectivity index (χ1n) is 9.63. The molecule has 0 atom stereocenters. The van der Waals surface area contributed by atoms with Gasteiger partial charge >= 0.3 is 25.8 Å². The normalized spacial score (nSPS) is 9.33. The summed E-state index contributed by atoms with van der Waals surface area (Å²) in [5.74, 6) is 0. The fourth-order valence-electron chi connectivity index (χ4n) is 3.47. The average Bonchev–Trinajstić information content (AvgIpc) is 3.20. The fraction of sp³-hybridized carbons (Fsp3) is 0.308. The molecule has 0 saturated carbocycles. The van der Waals surface area contributed by atoms with Crippen LogP contribution in [0.1, 0.15) is 33.4 Å². The van der Waals surface area contributed by atoms with Crippen LogP contribution in [0.3, 0.4) is 0 Å². The first-order valence-corrected chi connectivity index (χ1v) is 11.6. The van der Waals surface area contributed by atoms with Crippen molar-refractivity contribution in [2.45, 2.75) is 54.6 Å². The molecular formula is C26H32Cl2HfSi. The molecule has 0 N–H and O–H groups in total. The van der Waals surface area contributed by atoms with Crippen molar-refractivity contribution in [3.05, 3.63) is 81.9 Å². The van der Waals surface area contributed by atoms with E-state index >= 15 is 0 Å². The van der Waals surface area contributed by atoms with E-state index in [2.05, 4.69) is 103 Å². The minimum absolute atomic E-state index is 0. The third-order valence-electron chi connectivity index (χ3n) is 4.93. The molecule has 0 fully saturated rings. The molecule has 0 bridgehead atoms. The van der Waals surface area contributed by atoms with Gasteiger partial charge in [0.15, 0.2) is 0 Å². The summed E-state index contributed by atoms with van der Waals surface area (Å²) in [4.78, 5) is 0. The van der Waals surface area contributed by atoms with Gasteiger partial charge in [-0.25, -0.2) is 0 Å². The van der Waals surface area contributed by atoms with Crippen molar-refractivity contribution in [3.8, 4) is 0 Å². The van der Waals surface area contributed by atoms with Crippen LogP contribution in [-0.2, 0) is 25.8 Å². The van der Waals surface area contributed by atoms with Crippen molar-refractivity contribution in [1.29, 1.82) is 0 Å². The van der Waals surface area contributed by atoms with Gasteiger partial charge in [-0.05, 0) is 13.8 Å². The molecule has 0 aliphatic carbocycles. The van der Waals surface area contributed by atoms with E-state index in [0.29, 0.717) is 0 Å². The Hall–Kier alpha value is -0.673. The summed E-state index contributed by atoms with van der Waals surface area (Å²) in [5, 5.41) is 5.64. The molecule has 4 heteroatoms. The first kappa shape index (κ1) is 31.5. The summed E-state index contributed by atoms with van der Waals surface area (Å²) in [6.45, 7) is 17.3. The quantitative estimate of drug-likeness (QED) is 0.208.